The number of aryl methyl sites for hydroxylation is 1. The fraction of sp³-hybridized carbons (Fsp3) is 0.824. The minimum absolute atomic E-state index is 0.664. The Bertz CT molecular complexity index is 549. The maximum absolute atomic E-state index is 5.44. The van der Waals surface area contributed by atoms with E-state index in [4.69, 9.17) is 9.73 Å². The van der Waals surface area contributed by atoms with Crippen molar-refractivity contribution in [1.82, 2.24) is 19.6 Å². The predicted octanol–water partition coefficient (Wildman–Crippen LogP) is 1.61. The van der Waals surface area contributed by atoms with Gasteiger partial charge in [-0.25, -0.2) is 4.98 Å². The molecule has 2 fully saturated rings. The fourth-order valence-electron chi connectivity index (χ4n) is 3.20. The van der Waals surface area contributed by atoms with Gasteiger partial charge in [0.05, 0.1) is 0 Å². The molecule has 25 heavy (non-hydrogen) atoms. The standard InChI is InChI=1S/C17H30N6OS/c1-3-15-20-17(25-21-15)23-9-7-22(8-10-23)16(18-4-2)19-13-14-5-11-24-12-6-14/h14H,3-13H2,1-2H3,(H,18,19). The summed E-state index contributed by atoms with van der Waals surface area (Å²) in [4.78, 5) is 14.2. The number of nitrogens with zero attached hydrogens (tertiary/aromatic N) is 5. The number of ether oxygens (including phenoxy) is 1. The molecule has 3 heterocycles. The van der Waals surface area contributed by atoms with Crippen LogP contribution in [0.3, 0.4) is 0 Å². The third kappa shape index (κ3) is 5.04. The van der Waals surface area contributed by atoms with Crippen molar-refractivity contribution in [2.75, 3.05) is 57.4 Å². The van der Waals surface area contributed by atoms with Crippen LogP contribution < -0.4 is 10.2 Å². The summed E-state index contributed by atoms with van der Waals surface area (Å²) in [6, 6.07) is 0. The quantitative estimate of drug-likeness (QED) is 0.631. The number of rotatable bonds is 5. The number of aliphatic imine (C=N–C) groups is 1. The third-order valence-corrected chi connectivity index (χ3v) is 5.61. The summed E-state index contributed by atoms with van der Waals surface area (Å²) in [6.07, 6.45) is 3.17. The Hall–Kier alpha value is -1.41. The van der Waals surface area contributed by atoms with E-state index in [1.807, 2.05) is 0 Å². The highest BCUT2D eigenvalue weighted by molar-refractivity contribution is 7.09. The third-order valence-electron chi connectivity index (χ3n) is 4.80. The zero-order chi connectivity index (χ0) is 17.5. The van der Waals surface area contributed by atoms with Crippen LogP contribution in [0.2, 0.25) is 0 Å². The van der Waals surface area contributed by atoms with Gasteiger partial charge in [-0.2, -0.15) is 4.37 Å². The van der Waals surface area contributed by atoms with Gasteiger partial charge in [-0.15, -0.1) is 0 Å². The van der Waals surface area contributed by atoms with Crippen molar-refractivity contribution >= 4 is 22.6 Å². The second-order valence-electron chi connectivity index (χ2n) is 6.57. The van der Waals surface area contributed by atoms with Crippen LogP contribution in [0.4, 0.5) is 5.13 Å². The molecule has 2 saturated heterocycles. The number of hydrogen-bond acceptors (Lipinski definition) is 6. The summed E-state index contributed by atoms with van der Waals surface area (Å²) in [6.45, 7) is 11.7. The molecule has 0 aliphatic carbocycles. The van der Waals surface area contributed by atoms with Gasteiger partial charge in [-0.1, -0.05) is 6.92 Å². The van der Waals surface area contributed by atoms with Crippen molar-refractivity contribution in [3.05, 3.63) is 5.82 Å². The van der Waals surface area contributed by atoms with Gasteiger partial charge in [0, 0.05) is 70.4 Å². The van der Waals surface area contributed by atoms with Gasteiger partial charge < -0.3 is 19.9 Å². The van der Waals surface area contributed by atoms with E-state index in [0.29, 0.717) is 5.92 Å². The zero-order valence-corrected chi connectivity index (χ0v) is 16.2. The van der Waals surface area contributed by atoms with E-state index < -0.39 is 0 Å². The van der Waals surface area contributed by atoms with E-state index in [-0.39, 0.29) is 0 Å². The van der Waals surface area contributed by atoms with E-state index in [0.717, 1.165) is 88.7 Å². The second kappa shape index (κ2) is 9.33. The molecule has 0 saturated carbocycles. The largest absolute Gasteiger partial charge is 0.381 e. The van der Waals surface area contributed by atoms with Crippen molar-refractivity contribution < 1.29 is 4.74 Å². The van der Waals surface area contributed by atoms with Gasteiger partial charge in [0.1, 0.15) is 5.82 Å². The average molecular weight is 367 g/mol. The number of guanidine groups is 1. The molecule has 0 spiro atoms. The molecule has 1 aromatic rings. The number of nitrogens with one attached hydrogen (secondary N) is 1. The normalized spacial score (nSPS) is 20.2. The first-order chi connectivity index (χ1) is 12.3. The summed E-state index contributed by atoms with van der Waals surface area (Å²) in [5, 5.41) is 4.52. The van der Waals surface area contributed by atoms with Crippen molar-refractivity contribution in [2.24, 2.45) is 10.9 Å². The maximum Gasteiger partial charge on any atom is 0.205 e. The molecule has 140 valence electrons. The first kappa shape index (κ1) is 18.4. The molecule has 0 bridgehead atoms. The van der Waals surface area contributed by atoms with Crippen LogP contribution in [0.15, 0.2) is 4.99 Å². The lowest BCUT2D eigenvalue weighted by Crippen LogP contribution is -2.52. The van der Waals surface area contributed by atoms with E-state index in [9.17, 15) is 0 Å². The summed E-state index contributed by atoms with van der Waals surface area (Å²) in [7, 11) is 0. The van der Waals surface area contributed by atoms with Crippen molar-refractivity contribution in [2.45, 2.75) is 33.1 Å². The Kier molecular flexibility index (Phi) is 6.86. The molecule has 0 unspecified atom stereocenters. The van der Waals surface area contributed by atoms with Crippen molar-refractivity contribution in [1.29, 1.82) is 0 Å². The predicted molar refractivity (Wildman–Crippen MR) is 103 cm³/mol. The molecule has 2 aliphatic rings. The molecular formula is C17H30N6OS. The first-order valence-corrected chi connectivity index (χ1v) is 10.3. The SMILES string of the molecule is CCNC(=NCC1CCOCC1)N1CCN(c2nc(CC)ns2)CC1. The van der Waals surface area contributed by atoms with E-state index in [1.165, 1.54) is 11.5 Å². The van der Waals surface area contributed by atoms with Gasteiger partial charge in [-0.05, 0) is 25.7 Å². The van der Waals surface area contributed by atoms with Gasteiger partial charge in [0.25, 0.3) is 0 Å². The van der Waals surface area contributed by atoms with Gasteiger partial charge in [0.15, 0.2) is 5.96 Å². The lowest BCUT2D eigenvalue weighted by Gasteiger charge is -2.36. The molecule has 0 amide bonds. The summed E-state index contributed by atoms with van der Waals surface area (Å²) in [5.41, 5.74) is 0. The minimum atomic E-state index is 0.664. The monoisotopic (exact) mass is 366 g/mol. The molecule has 1 aromatic heterocycles. The Labute approximate surface area is 154 Å². The van der Waals surface area contributed by atoms with Crippen molar-refractivity contribution in [3.63, 3.8) is 0 Å². The van der Waals surface area contributed by atoms with Crippen LogP contribution in [0.1, 0.15) is 32.5 Å². The second-order valence-corrected chi connectivity index (χ2v) is 7.30. The molecule has 0 radical (unpaired) electrons. The highest BCUT2D eigenvalue weighted by Crippen LogP contribution is 2.19. The van der Waals surface area contributed by atoms with Crippen LogP contribution >= 0.6 is 11.5 Å². The fourth-order valence-corrected chi connectivity index (χ4v) is 4.00. The first-order valence-electron chi connectivity index (χ1n) is 9.48. The average Bonchev–Trinajstić information content (AvgIpc) is 3.15. The van der Waals surface area contributed by atoms with Crippen molar-refractivity contribution in [3.8, 4) is 0 Å². The van der Waals surface area contributed by atoms with Gasteiger partial charge in [-0.3, -0.25) is 4.99 Å². The highest BCUT2D eigenvalue weighted by atomic mass is 32.1. The van der Waals surface area contributed by atoms with E-state index in [2.05, 4.69) is 38.3 Å². The van der Waals surface area contributed by atoms with Crippen LogP contribution in [0.5, 0.6) is 0 Å². The molecular weight excluding hydrogens is 336 g/mol. The minimum Gasteiger partial charge on any atom is -0.381 e. The number of piperazine rings is 1. The summed E-state index contributed by atoms with van der Waals surface area (Å²) >= 11 is 1.52. The van der Waals surface area contributed by atoms with Gasteiger partial charge >= 0.3 is 0 Å². The number of hydrogen-bond donors (Lipinski definition) is 1. The lowest BCUT2D eigenvalue weighted by atomic mass is 10.0. The summed E-state index contributed by atoms with van der Waals surface area (Å²) in [5.74, 6) is 2.67. The maximum atomic E-state index is 5.44. The number of anilines is 1. The highest BCUT2D eigenvalue weighted by Gasteiger charge is 2.22. The van der Waals surface area contributed by atoms with E-state index in [1.54, 1.807) is 0 Å². The Morgan fingerprint density at radius 3 is 2.64 bits per heavy atom. The van der Waals surface area contributed by atoms with Crippen LogP contribution in [-0.4, -0.2) is 72.7 Å². The smallest absolute Gasteiger partial charge is 0.205 e. The molecule has 2 aliphatic heterocycles. The molecule has 8 heteroatoms. The Morgan fingerprint density at radius 1 is 1.24 bits per heavy atom. The molecule has 0 aromatic carbocycles. The van der Waals surface area contributed by atoms with E-state index >= 15 is 0 Å². The van der Waals surface area contributed by atoms with Crippen LogP contribution in [0.25, 0.3) is 0 Å². The molecule has 1 N–H and O–H groups in total. The lowest BCUT2D eigenvalue weighted by molar-refractivity contribution is 0.0688. The topological polar surface area (TPSA) is 65.9 Å². The Balaban J connectivity index is 1.54. The number of aromatic nitrogens is 2. The molecule has 7 nitrogen and oxygen atoms in total. The Morgan fingerprint density at radius 2 is 2.00 bits per heavy atom. The van der Waals surface area contributed by atoms with Crippen LogP contribution in [-0.2, 0) is 11.2 Å². The molecule has 3 rings (SSSR count). The molecule has 0 atom stereocenters. The zero-order valence-electron chi connectivity index (χ0n) is 15.4. The van der Waals surface area contributed by atoms with Crippen LogP contribution in [0, 0.1) is 5.92 Å². The summed E-state index contributed by atoms with van der Waals surface area (Å²) < 4.78 is 9.85. The van der Waals surface area contributed by atoms with Gasteiger partial charge in [0.2, 0.25) is 5.13 Å².